The van der Waals surface area contributed by atoms with E-state index in [1.807, 2.05) is 54.7 Å². The smallest absolute Gasteiger partial charge is 0.108 e. The summed E-state index contributed by atoms with van der Waals surface area (Å²) in [5.74, 6) is 0. The molecule has 1 N–H and O–H groups in total. The van der Waals surface area contributed by atoms with Crippen LogP contribution in [0.5, 0.6) is 0 Å². The van der Waals surface area contributed by atoms with Crippen LogP contribution in [0.25, 0.3) is 16.3 Å². The molecule has 21 heavy (non-hydrogen) atoms. The number of nitrogens with zero attached hydrogens (tertiary/aromatic N) is 2. The molecule has 0 fully saturated rings. The Labute approximate surface area is 122 Å². The number of hydrogen-bond acceptors (Lipinski definition) is 2. The van der Waals surface area contributed by atoms with Crippen molar-refractivity contribution in [2.75, 3.05) is 0 Å². The molecule has 2 heterocycles. The highest BCUT2D eigenvalue weighted by Crippen LogP contribution is 2.27. The predicted octanol–water partition coefficient (Wildman–Crippen LogP) is 3.57. The Hall–Kier alpha value is -2.65. The number of aliphatic hydroxyl groups is 1. The fraction of sp³-hybridized carbons (Fsp3) is 0.0556. The lowest BCUT2D eigenvalue weighted by atomic mass is 9.99. The van der Waals surface area contributed by atoms with Gasteiger partial charge in [-0.3, -0.25) is 0 Å². The summed E-state index contributed by atoms with van der Waals surface area (Å²) in [5.41, 5.74) is 2.64. The van der Waals surface area contributed by atoms with E-state index in [0.29, 0.717) is 0 Å². The molecule has 0 aliphatic carbocycles. The lowest BCUT2D eigenvalue weighted by molar-refractivity contribution is 0.222. The lowest BCUT2D eigenvalue weighted by Gasteiger charge is -2.11. The molecule has 2 aromatic carbocycles. The summed E-state index contributed by atoms with van der Waals surface area (Å²) >= 11 is 0. The molecule has 2 aromatic heterocycles. The summed E-state index contributed by atoms with van der Waals surface area (Å²) in [4.78, 5) is 0. The molecule has 3 heteroatoms. The molecule has 0 saturated carbocycles. The van der Waals surface area contributed by atoms with Gasteiger partial charge in [-0.15, -0.1) is 0 Å². The Morgan fingerprint density at radius 3 is 2.62 bits per heavy atom. The van der Waals surface area contributed by atoms with Crippen molar-refractivity contribution in [3.05, 3.63) is 84.2 Å². The minimum absolute atomic E-state index is 0.672. The average molecular weight is 274 g/mol. The van der Waals surface area contributed by atoms with Gasteiger partial charge in [0, 0.05) is 11.8 Å². The highest BCUT2D eigenvalue weighted by molar-refractivity contribution is 5.83. The van der Waals surface area contributed by atoms with E-state index in [1.165, 1.54) is 5.39 Å². The molecule has 1 unspecified atom stereocenters. The van der Waals surface area contributed by atoms with Crippen molar-refractivity contribution in [3.8, 4) is 0 Å². The maximum atomic E-state index is 10.7. The maximum Gasteiger partial charge on any atom is 0.108 e. The standard InChI is InChI=1S/C18H14N2O/c21-18(16-12-19-20-10-4-3-7-17(16)20)15-9-8-13-5-1-2-6-14(13)11-15/h1-12,18,21H. The molecule has 0 spiro atoms. The predicted molar refractivity (Wildman–Crippen MR) is 83.2 cm³/mol. The molecule has 0 saturated heterocycles. The zero-order valence-electron chi connectivity index (χ0n) is 11.3. The van der Waals surface area contributed by atoms with Crippen molar-refractivity contribution >= 4 is 16.3 Å². The van der Waals surface area contributed by atoms with Crippen molar-refractivity contribution in [2.24, 2.45) is 0 Å². The van der Waals surface area contributed by atoms with E-state index in [4.69, 9.17) is 0 Å². The second-order valence-electron chi connectivity index (χ2n) is 5.14. The number of rotatable bonds is 2. The highest BCUT2D eigenvalue weighted by atomic mass is 16.3. The Kier molecular flexibility index (Phi) is 2.72. The summed E-state index contributed by atoms with van der Waals surface area (Å²) in [6.07, 6.45) is 2.94. The van der Waals surface area contributed by atoms with Crippen molar-refractivity contribution in [3.63, 3.8) is 0 Å². The fourth-order valence-electron chi connectivity index (χ4n) is 2.72. The molecular formula is C18H14N2O. The van der Waals surface area contributed by atoms with Gasteiger partial charge in [0.1, 0.15) is 6.10 Å². The quantitative estimate of drug-likeness (QED) is 0.607. The van der Waals surface area contributed by atoms with Crippen LogP contribution in [0, 0.1) is 0 Å². The van der Waals surface area contributed by atoms with Crippen LogP contribution >= 0.6 is 0 Å². The summed E-state index contributed by atoms with van der Waals surface area (Å²) in [6, 6.07) is 20.0. The Morgan fingerprint density at radius 2 is 1.71 bits per heavy atom. The zero-order chi connectivity index (χ0) is 14.2. The van der Waals surface area contributed by atoms with E-state index in [0.717, 1.165) is 22.0 Å². The van der Waals surface area contributed by atoms with Gasteiger partial charge in [0.05, 0.1) is 11.7 Å². The first-order valence-corrected chi connectivity index (χ1v) is 6.92. The topological polar surface area (TPSA) is 37.5 Å². The van der Waals surface area contributed by atoms with Gasteiger partial charge in [-0.2, -0.15) is 5.10 Å². The largest absolute Gasteiger partial charge is 0.384 e. The summed E-state index contributed by atoms with van der Waals surface area (Å²) in [6.45, 7) is 0. The molecule has 0 amide bonds. The van der Waals surface area contributed by atoms with Crippen molar-refractivity contribution in [1.29, 1.82) is 0 Å². The minimum Gasteiger partial charge on any atom is -0.384 e. The number of hydrogen-bond donors (Lipinski definition) is 1. The van der Waals surface area contributed by atoms with Crippen LogP contribution in [0.4, 0.5) is 0 Å². The van der Waals surface area contributed by atoms with E-state index in [-0.39, 0.29) is 0 Å². The van der Waals surface area contributed by atoms with Gasteiger partial charge in [-0.25, -0.2) is 4.52 Å². The third-order valence-corrected chi connectivity index (χ3v) is 3.84. The lowest BCUT2D eigenvalue weighted by Crippen LogP contribution is -1.99. The van der Waals surface area contributed by atoms with Gasteiger partial charge in [0.2, 0.25) is 0 Å². The first kappa shape index (κ1) is 12.1. The molecule has 3 nitrogen and oxygen atoms in total. The molecule has 102 valence electrons. The fourth-order valence-corrected chi connectivity index (χ4v) is 2.72. The molecule has 0 aliphatic heterocycles. The van der Waals surface area contributed by atoms with E-state index in [9.17, 15) is 5.11 Å². The van der Waals surface area contributed by atoms with Gasteiger partial charge in [0.15, 0.2) is 0 Å². The normalized spacial score (nSPS) is 12.8. The van der Waals surface area contributed by atoms with Crippen LogP contribution in [0.15, 0.2) is 73.1 Å². The van der Waals surface area contributed by atoms with Crippen LogP contribution in [0.3, 0.4) is 0 Å². The van der Waals surface area contributed by atoms with Crippen molar-refractivity contribution < 1.29 is 5.11 Å². The van der Waals surface area contributed by atoms with Crippen molar-refractivity contribution in [2.45, 2.75) is 6.10 Å². The molecular weight excluding hydrogens is 260 g/mol. The molecule has 0 bridgehead atoms. The minimum atomic E-state index is -0.672. The molecule has 4 aromatic rings. The van der Waals surface area contributed by atoms with Gasteiger partial charge in [-0.05, 0) is 34.5 Å². The number of aliphatic hydroxyl groups excluding tert-OH is 1. The molecule has 0 radical (unpaired) electrons. The number of pyridine rings is 1. The molecule has 4 rings (SSSR count). The van der Waals surface area contributed by atoms with Crippen molar-refractivity contribution in [1.82, 2.24) is 9.61 Å². The summed E-state index contributed by atoms with van der Waals surface area (Å²) < 4.78 is 1.78. The van der Waals surface area contributed by atoms with Crippen LogP contribution < -0.4 is 0 Å². The number of fused-ring (bicyclic) bond motifs is 2. The highest BCUT2D eigenvalue weighted by Gasteiger charge is 2.15. The van der Waals surface area contributed by atoms with Crippen LogP contribution in [0.2, 0.25) is 0 Å². The SMILES string of the molecule is OC(c1ccc2ccccc2c1)c1cnn2ccccc12. The summed E-state index contributed by atoms with van der Waals surface area (Å²) in [5, 5.41) is 17.3. The van der Waals surface area contributed by atoms with Gasteiger partial charge in [0.25, 0.3) is 0 Å². The first-order chi connectivity index (χ1) is 10.3. The second-order valence-corrected chi connectivity index (χ2v) is 5.14. The second kappa shape index (κ2) is 4.72. The zero-order valence-corrected chi connectivity index (χ0v) is 11.3. The van der Waals surface area contributed by atoms with E-state index in [2.05, 4.69) is 17.2 Å². The third kappa shape index (κ3) is 1.99. The third-order valence-electron chi connectivity index (χ3n) is 3.84. The van der Waals surface area contributed by atoms with Gasteiger partial charge in [-0.1, -0.05) is 42.5 Å². The van der Waals surface area contributed by atoms with Crippen LogP contribution in [-0.4, -0.2) is 14.7 Å². The van der Waals surface area contributed by atoms with E-state index >= 15 is 0 Å². The van der Waals surface area contributed by atoms with E-state index in [1.54, 1.807) is 10.7 Å². The van der Waals surface area contributed by atoms with Crippen LogP contribution in [-0.2, 0) is 0 Å². The Bertz CT molecular complexity index is 926. The van der Waals surface area contributed by atoms with Crippen LogP contribution in [0.1, 0.15) is 17.2 Å². The van der Waals surface area contributed by atoms with Gasteiger partial charge < -0.3 is 5.11 Å². The average Bonchev–Trinajstić information content (AvgIpc) is 2.98. The molecule has 0 aliphatic rings. The van der Waals surface area contributed by atoms with Gasteiger partial charge >= 0.3 is 0 Å². The Balaban J connectivity index is 1.83. The summed E-state index contributed by atoms with van der Waals surface area (Å²) in [7, 11) is 0. The molecule has 1 atom stereocenters. The Morgan fingerprint density at radius 1 is 0.905 bits per heavy atom. The number of aromatic nitrogens is 2. The first-order valence-electron chi connectivity index (χ1n) is 6.92. The maximum absolute atomic E-state index is 10.7. The number of benzene rings is 2. The van der Waals surface area contributed by atoms with E-state index < -0.39 is 6.10 Å². The monoisotopic (exact) mass is 274 g/mol.